The van der Waals surface area contributed by atoms with Gasteiger partial charge in [0.1, 0.15) is 0 Å². The molecule has 0 aliphatic carbocycles. The van der Waals surface area contributed by atoms with Gasteiger partial charge in [0.25, 0.3) is 5.69 Å². The number of rotatable bonds is 3. The molecule has 1 unspecified atom stereocenters. The van der Waals surface area contributed by atoms with Crippen LogP contribution in [-0.2, 0) is 10.3 Å². The van der Waals surface area contributed by atoms with Crippen LogP contribution >= 0.6 is 0 Å². The van der Waals surface area contributed by atoms with E-state index >= 15 is 0 Å². The van der Waals surface area contributed by atoms with E-state index in [0.29, 0.717) is 11.3 Å². The topological polar surface area (TPSA) is 85.2 Å². The Labute approximate surface area is 159 Å². The first-order valence-corrected chi connectivity index (χ1v) is 8.76. The lowest BCUT2D eigenvalue weighted by Crippen LogP contribution is -2.30. The molecule has 28 heavy (non-hydrogen) atoms. The number of nitro groups is 1. The van der Waals surface area contributed by atoms with Crippen LogP contribution in [0.4, 0.5) is 5.69 Å². The van der Waals surface area contributed by atoms with Gasteiger partial charge in [0.05, 0.1) is 21.7 Å². The number of carbonyl (C=O) groups is 1. The lowest BCUT2D eigenvalue weighted by molar-refractivity contribution is -0.386. The first-order chi connectivity index (χ1) is 13.6. The minimum Gasteiger partial charge on any atom is -0.439 e. The number of esters is 1. The summed E-state index contributed by atoms with van der Waals surface area (Å²) in [6, 6.07) is 23.1. The number of aromatic nitrogens is 1. The summed E-state index contributed by atoms with van der Waals surface area (Å²) in [5.74, 6) is -0.582. The minimum absolute atomic E-state index is 0.147. The normalized spacial score (nSPS) is 18.1. The molecule has 1 N–H and O–H groups in total. The Morgan fingerprint density at radius 3 is 2.43 bits per heavy atom. The summed E-state index contributed by atoms with van der Waals surface area (Å²) in [6.07, 6.45) is 0. The van der Waals surface area contributed by atoms with Crippen LogP contribution in [0.15, 0.2) is 78.9 Å². The van der Waals surface area contributed by atoms with E-state index < -0.39 is 16.5 Å². The summed E-state index contributed by atoms with van der Waals surface area (Å²) in [6.45, 7) is 0. The Bertz CT molecular complexity index is 1210. The fraction of sp³-hybridized carbons (Fsp3) is 0.0455. The lowest BCUT2D eigenvalue weighted by Gasteiger charge is -2.28. The van der Waals surface area contributed by atoms with Crippen molar-refractivity contribution in [1.82, 2.24) is 4.98 Å². The summed E-state index contributed by atoms with van der Waals surface area (Å²) in [5.41, 5.74) is 0.960. The molecule has 0 bridgehead atoms. The zero-order valence-electron chi connectivity index (χ0n) is 14.6. The van der Waals surface area contributed by atoms with Gasteiger partial charge in [0, 0.05) is 17.1 Å². The summed E-state index contributed by atoms with van der Waals surface area (Å²) in [5, 5.41) is 12.7. The number of aromatic amines is 1. The SMILES string of the molecule is O=C1OC(c2ccccc2)(c2cc3ccccc3[nH]2)c2c1cccc2[N+](=O)[O-]. The van der Waals surface area contributed by atoms with Gasteiger partial charge in [-0.2, -0.15) is 0 Å². The number of nitrogens with one attached hydrogen (secondary N) is 1. The van der Waals surface area contributed by atoms with Gasteiger partial charge in [-0.05, 0) is 23.6 Å². The van der Waals surface area contributed by atoms with E-state index in [1.807, 2.05) is 60.7 Å². The Hall–Kier alpha value is -3.93. The maximum atomic E-state index is 12.8. The highest BCUT2D eigenvalue weighted by Crippen LogP contribution is 2.50. The highest BCUT2D eigenvalue weighted by Gasteiger charge is 2.53. The number of fused-ring (bicyclic) bond motifs is 2. The Morgan fingerprint density at radius 2 is 1.68 bits per heavy atom. The van der Waals surface area contributed by atoms with Crippen molar-refractivity contribution in [2.24, 2.45) is 0 Å². The van der Waals surface area contributed by atoms with E-state index in [0.717, 1.165) is 10.9 Å². The average Bonchev–Trinajstić information content (AvgIpc) is 3.28. The molecule has 1 aliphatic rings. The maximum Gasteiger partial charge on any atom is 0.340 e. The van der Waals surface area contributed by atoms with Gasteiger partial charge >= 0.3 is 5.97 Å². The van der Waals surface area contributed by atoms with Crippen molar-refractivity contribution in [3.63, 3.8) is 0 Å². The highest BCUT2D eigenvalue weighted by atomic mass is 16.6. The predicted molar refractivity (Wildman–Crippen MR) is 103 cm³/mol. The fourth-order valence-electron chi connectivity index (χ4n) is 3.96. The third-order valence-corrected chi connectivity index (χ3v) is 5.15. The summed E-state index contributed by atoms with van der Waals surface area (Å²) in [4.78, 5) is 27.4. The van der Waals surface area contributed by atoms with E-state index in [4.69, 9.17) is 4.74 Å². The molecule has 3 aromatic carbocycles. The van der Waals surface area contributed by atoms with Gasteiger partial charge in [-0.25, -0.2) is 4.79 Å². The van der Waals surface area contributed by atoms with Crippen LogP contribution in [0.25, 0.3) is 10.9 Å². The van der Waals surface area contributed by atoms with Crippen LogP contribution in [-0.4, -0.2) is 15.9 Å². The Morgan fingerprint density at radius 1 is 0.929 bits per heavy atom. The Balaban J connectivity index is 1.92. The van der Waals surface area contributed by atoms with Crippen molar-refractivity contribution >= 4 is 22.6 Å². The molecule has 2 heterocycles. The zero-order valence-corrected chi connectivity index (χ0v) is 14.6. The van der Waals surface area contributed by atoms with Crippen molar-refractivity contribution in [2.75, 3.05) is 0 Å². The molecule has 1 aromatic heterocycles. The molecule has 0 amide bonds. The lowest BCUT2D eigenvalue weighted by atomic mass is 9.82. The van der Waals surface area contributed by atoms with Gasteiger partial charge in [0.2, 0.25) is 5.60 Å². The van der Waals surface area contributed by atoms with E-state index in [9.17, 15) is 14.9 Å². The van der Waals surface area contributed by atoms with Crippen LogP contribution in [0.3, 0.4) is 0 Å². The van der Waals surface area contributed by atoms with E-state index in [1.165, 1.54) is 12.1 Å². The first-order valence-electron chi connectivity index (χ1n) is 8.76. The third kappa shape index (κ3) is 2.11. The number of benzene rings is 3. The number of nitro benzene ring substituents is 1. The molecule has 6 heteroatoms. The molecule has 5 rings (SSSR count). The molecule has 4 aromatic rings. The quantitative estimate of drug-likeness (QED) is 0.326. The van der Waals surface area contributed by atoms with Crippen molar-refractivity contribution in [3.05, 3.63) is 111 Å². The van der Waals surface area contributed by atoms with Crippen LogP contribution < -0.4 is 0 Å². The highest BCUT2D eigenvalue weighted by molar-refractivity contribution is 5.98. The molecule has 1 atom stereocenters. The summed E-state index contributed by atoms with van der Waals surface area (Å²) in [7, 11) is 0. The number of carbonyl (C=O) groups excluding carboxylic acids is 1. The number of hydrogen-bond donors (Lipinski definition) is 1. The van der Waals surface area contributed by atoms with Gasteiger partial charge in [0.15, 0.2) is 0 Å². The molecule has 0 saturated heterocycles. The standard InChI is InChI=1S/C22H14N2O4/c25-21-16-10-6-12-18(24(26)27)20(16)22(28-21,15-8-2-1-3-9-15)19-13-14-7-4-5-11-17(14)23-19/h1-13,23H. The minimum atomic E-state index is -1.42. The van der Waals surface area contributed by atoms with Gasteiger partial charge in [-0.1, -0.05) is 54.6 Å². The third-order valence-electron chi connectivity index (χ3n) is 5.15. The van der Waals surface area contributed by atoms with Crippen LogP contribution in [0.2, 0.25) is 0 Å². The van der Waals surface area contributed by atoms with E-state index in [1.54, 1.807) is 6.07 Å². The molecule has 0 fully saturated rings. The first kappa shape index (κ1) is 16.3. The number of ether oxygens (including phenoxy) is 1. The van der Waals surface area contributed by atoms with Crippen molar-refractivity contribution in [3.8, 4) is 0 Å². The van der Waals surface area contributed by atoms with Crippen LogP contribution in [0.1, 0.15) is 27.2 Å². The zero-order chi connectivity index (χ0) is 19.3. The second-order valence-corrected chi connectivity index (χ2v) is 6.66. The molecule has 6 nitrogen and oxygen atoms in total. The second kappa shape index (κ2) is 5.79. The predicted octanol–water partition coefficient (Wildman–Crippen LogP) is 4.54. The molecule has 0 spiro atoms. The average molecular weight is 370 g/mol. The number of cyclic esters (lactones) is 1. The van der Waals surface area contributed by atoms with Gasteiger partial charge < -0.3 is 9.72 Å². The largest absolute Gasteiger partial charge is 0.439 e. The smallest absolute Gasteiger partial charge is 0.340 e. The summed E-state index contributed by atoms with van der Waals surface area (Å²) >= 11 is 0. The van der Waals surface area contributed by atoms with Crippen molar-refractivity contribution < 1.29 is 14.5 Å². The molecular weight excluding hydrogens is 356 g/mol. The molecule has 0 radical (unpaired) electrons. The van der Waals surface area contributed by atoms with Crippen molar-refractivity contribution in [1.29, 1.82) is 0 Å². The summed E-state index contributed by atoms with van der Waals surface area (Å²) < 4.78 is 5.94. The molecular formula is C22H14N2O4. The monoisotopic (exact) mass is 370 g/mol. The number of nitrogens with zero attached hydrogens (tertiary/aromatic N) is 1. The molecule has 0 saturated carbocycles. The fourth-order valence-corrected chi connectivity index (χ4v) is 3.96. The second-order valence-electron chi connectivity index (χ2n) is 6.66. The number of hydrogen-bond acceptors (Lipinski definition) is 4. The van der Waals surface area contributed by atoms with E-state index in [2.05, 4.69) is 4.98 Å². The number of H-pyrrole nitrogens is 1. The number of para-hydroxylation sites is 1. The van der Waals surface area contributed by atoms with Gasteiger partial charge in [-0.3, -0.25) is 10.1 Å². The molecule has 136 valence electrons. The van der Waals surface area contributed by atoms with Crippen molar-refractivity contribution in [2.45, 2.75) is 5.60 Å². The molecule has 1 aliphatic heterocycles. The van der Waals surface area contributed by atoms with Crippen LogP contribution in [0, 0.1) is 10.1 Å². The Kier molecular flexibility index (Phi) is 3.36. The van der Waals surface area contributed by atoms with E-state index in [-0.39, 0.29) is 16.8 Å². The maximum absolute atomic E-state index is 12.8. The van der Waals surface area contributed by atoms with Crippen LogP contribution in [0.5, 0.6) is 0 Å². The van der Waals surface area contributed by atoms with Gasteiger partial charge in [-0.15, -0.1) is 0 Å².